The lowest BCUT2D eigenvalue weighted by Crippen LogP contribution is -1.93. The van der Waals surface area contributed by atoms with Crippen LogP contribution in [0.25, 0.3) is 0 Å². The molecule has 0 aromatic rings. The molecule has 0 aromatic carbocycles. The molecule has 0 amide bonds. The lowest BCUT2D eigenvalue weighted by atomic mass is 10.1. The van der Waals surface area contributed by atoms with Gasteiger partial charge in [-0.2, -0.15) is 0 Å². The van der Waals surface area contributed by atoms with Crippen molar-refractivity contribution in [3.63, 3.8) is 0 Å². The molecular weight excluding hydrogens is 162 g/mol. The molecule has 68 valence electrons. The molecule has 1 nitrogen and oxygen atoms in total. The van der Waals surface area contributed by atoms with Gasteiger partial charge in [0.2, 0.25) is 0 Å². The lowest BCUT2D eigenvalue weighted by molar-refractivity contribution is 0.264. The molecule has 0 aromatic heterocycles. The van der Waals surface area contributed by atoms with Crippen molar-refractivity contribution < 1.29 is 13.5 Å². The Morgan fingerprint density at radius 1 is 1.50 bits per heavy atom. The highest BCUT2D eigenvalue weighted by molar-refractivity contribution is 5.24. The molecule has 1 aliphatic rings. The zero-order chi connectivity index (χ0) is 9.14. The minimum absolute atomic E-state index is 0.142. The molecular formula is C9H12F2O. The van der Waals surface area contributed by atoms with Crippen molar-refractivity contribution in [3.8, 4) is 0 Å². The summed E-state index contributed by atoms with van der Waals surface area (Å²) in [5.41, 5.74) is 0. The summed E-state index contributed by atoms with van der Waals surface area (Å²) < 4.78 is 30.7. The highest BCUT2D eigenvalue weighted by Crippen LogP contribution is 2.29. The van der Waals surface area contributed by atoms with Crippen LogP contribution in [0.1, 0.15) is 19.8 Å². The molecule has 0 fully saturated rings. The number of methoxy groups -OCH3 is 1. The first kappa shape index (κ1) is 9.23. The fraction of sp³-hybridized carbons (Fsp3) is 0.556. The van der Waals surface area contributed by atoms with Gasteiger partial charge < -0.3 is 4.74 Å². The van der Waals surface area contributed by atoms with Gasteiger partial charge in [0.25, 0.3) is 0 Å². The first-order chi connectivity index (χ1) is 5.65. The van der Waals surface area contributed by atoms with Crippen LogP contribution in [-0.4, -0.2) is 7.11 Å². The Kier molecular flexibility index (Phi) is 2.84. The molecule has 1 atom stereocenters. The molecule has 0 heterocycles. The smallest absolute Gasteiger partial charge is 0.185 e. The molecule has 0 aliphatic heterocycles. The molecule has 12 heavy (non-hydrogen) atoms. The van der Waals surface area contributed by atoms with E-state index >= 15 is 0 Å². The zero-order valence-corrected chi connectivity index (χ0v) is 7.23. The van der Waals surface area contributed by atoms with E-state index in [9.17, 15) is 8.78 Å². The first-order valence-electron chi connectivity index (χ1n) is 3.93. The maximum atomic E-state index is 13.1. The Balaban J connectivity index is 2.93. The molecule has 0 N–H and O–H groups in total. The summed E-state index contributed by atoms with van der Waals surface area (Å²) in [5, 5.41) is 0. The van der Waals surface area contributed by atoms with Crippen LogP contribution in [0.2, 0.25) is 0 Å². The second-order valence-electron chi connectivity index (χ2n) is 3.04. The molecule has 1 rings (SSSR count). The summed E-state index contributed by atoms with van der Waals surface area (Å²) >= 11 is 0. The van der Waals surface area contributed by atoms with E-state index in [0.717, 1.165) is 0 Å². The van der Waals surface area contributed by atoms with Crippen molar-refractivity contribution >= 4 is 0 Å². The van der Waals surface area contributed by atoms with Crippen molar-refractivity contribution in [1.29, 1.82) is 0 Å². The van der Waals surface area contributed by atoms with Crippen molar-refractivity contribution in [1.82, 2.24) is 0 Å². The molecule has 1 aliphatic carbocycles. The third-order valence-corrected chi connectivity index (χ3v) is 1.89. The van der Waals surface area contributed by atoms with Crippen LogP contribution in [0, 0.1) is 5.92 Å². The first-order valence-corrected chi connectivity index (χ1v) is 3.93. The average molecular weight is 174 g/mol. The maximum absolute atomic E-state index is 13.1. The van der Waals surface area contributed by atoms with Gasteiger partial charge in [-0.05, 0) is 18.4 Å². The minimum Gasteiger partial charge on any atom is -0.491 e. The highest BCUT2D eigenvalue weighted by Gasteiger charge is 2.18. The van der Waals surface area contributed by atoms with Gasteiger partial charge in [-0.15, -0.1) is 0 Å². The summed E-state index contributed by atoms with van der Waals surface area (Å²) in [6.07, 6.45) is 2.19. The van der Waals surface area contributed by atoms with Gasteiger partial charge in [-0.1, -0.05) is 6.92 Å². The number of ether oxygens (including phenoxy) is 1. The second kappa shape index (κ2) is 3.70. The van der Waals surface area contributed by atoms with E-state index in [1.165, 1.54) is 13.2 Å². The van der Waals surface area contributed by atoms with Gasteiger partial charge in [0.1, 0.15) is 5.83 Å². The Morgan fingerprint density at radius 3 is 2.75 bits per heavy atom. The van der Waals surface area contributed by atoms with Crippen LogP contribution in [0.4, 0.5) is 8.78 Å². The lowest BCUT2D eigenvalue weighted by Gasteiger charge is -2.05. The molecule has 0 spiro atoms. The van der Waals surface area contributed by atoms with Crippen LogP contribution in [-0.2, 0) is 4.74 Å². The van der Waals surface area contributed by atoms with Crippen LogP contribution >= 0.6 is 0 Å². The van der Waals surface area contributed by atoms with Gasteiger partial charge in [-0.25, -0.2) is 8.78 Å². The third-order valence-electron chi connectivity index (χ3n) is 1.89. The molecule has 0 unspecified atom stereocenters. The maximum Gasteiger partial charge on any atom is 0.185 e. The quantitative estimate of drug-likeness (QED) is 0.593. The average Bonchev–Trinajstić information content (AvgIpc) is 2.12. The predicted molar refractivity (Wildman–Crippen MR) is 42.7 cm³/mol. The van der Waals surface area contributed by atoms with Gasteiger partial charge in [-0.3, -0.25) is 0 Å². The third kappa shape index (κ3) is 1.84. The molecule has 0 saturated heterocycles. The standard InChI is InChI=1S/C9H12F2O/c1-6-3-4-7(10)9(12-2)8(11)5-6/h4,6H,3,5H2,1-2H3/t6-/m1/s1. The van der Waals surface area contributed by atoms with Crippen LogP contribution in [0.3, 0.4) is 0 Å². The van der Waals surface area contributed by atoms with Gasteiger partial charge >= 0.3 is 0 Å². The SMILES string of the molecule is COC1=C(F)C[C@H](C)CC=C1F. The molecule has 0 radical (unpaired) electrons. The van der Waals surface area contributed by atoms with Crippen molar-refractivity contribution in [2.75, 3.05) is 7.11 Å². The van der Waals surface area contributed by atoms with Crippen molar-refractivity contribution in [2.24, 2.45) is 5.92 Å². The minimum atomic E-state index is -0.584. The highest BCUT2D eigenvalue weighted by atomic mass is 19.1. The largest absolute Gasteiger partial charge is 0.491 e. The van der Waals surface area contributed by atoms with Gasteiger partial charge in [0, 0.05) is 6.42 Å². The van der Waals surface area contributed by atoms with Crippen LogP contribution < -0.4 is 0 Å². The van der Waals surface area contributed by atoms with E-state index in [-0.39, 0.29) is 18.1 Å². The number of allylic oxidation sites excluding steroid dienone is 3. The Bertz CT molecular complexity index is 231. The zero-order valence-electron chi connectivity index (χ0n) is 7.23. The Labute approximate surface area is 70.7 Å². The van der Waals surface area contributed by atoms with E-state index < -0.39 is 11.7 Å². The Morgan fingerprint density at radius 2 is 2.17 bits per heavy atom. The molecule has 3 heteroatoms. The van der Waals surface area contributed by atoms with Gasteiger partial charge in [0.15, 0.2) is 11.6 Å². The van der Waals surface area contributed by atoms with Crippen LogP contribution in [0.15, 0.2) is 23.5 Å². The summed E-state index contributed by atoms with van der Waals surface area (Å²) in [5.74, 6) is -1.17. The molecule has 0 saturated carbocycles. The van der Waals surface area contributed by atoms with Crippen molar-refractivity contribution in [3.05, 3.63) is 23.5 Å². The van der Waals surface area contributed by atoms with Gasteiger partial charge in [0.05, 0.1) is 7.11 Å². The van der Waals surface area contributed by atoms with E-state index in [1.807, 2.05) is 6.92 Å². The number of hydrogen-bond donors (Lipinski definition) is 0. The Hall–Kier alpha value is -0.860. The second-order valence-corrected chi connectivity index (χ2v) is 3.04. The summed E-state index contributed by atoms with van der Waals surface area (Å²) in [6, 6.07) is 0. The summed E-state index contributed by atoms with van der Waals surface area (Å²) in [7, 11) is 1.28. The van der Waals surface area contributed by atoms with E-state index in [1.54, 1.807) is 0 Å². The number of rotatable bonds is 1. The monoisotopic (exact) mass is 174 g/mol. The number of halogens is 2. The number of hydrogen-bond acceptors (Lipinski definition) is 1. The van der Waals surface area contributed by atoms with Crippen molar-refractivity contribution in [2.45, 2.75) is 19.8 Å². The fourth-order valence-corrected chi connectivity index (χ4v) is 1.22. The molecule has 0 bridgehead atoms. The summed E-state index contributed by atoms with van der Waals surface area (Å²) in [4.78, 5) is 0. The van der Waals surface area contributed by atoms with Crippen LogP contribution in [0.5, 0.6) is 0 Å². The van der Waals surface area contributed by atoms with E-state index in [4.69, 9.17) is 0 Å². The topological polar surface area (TPSA) is 9.23 Å². The van der Waals surface area contributed by atoms with E-state index in [2.05, 4.69) is 4.74 Å². The summed E-state index contributed by atoms with van der Waals surface area (Å²) in [6.45, 7) is 1.88. The predicted octanol–water partition coefficient (Wildman–Crippen LogP) is 3.10. The van der Waals surface area contributed by atoms with E-state index in [0.29, 0.717) is 6.42 Å². The normalized spacial score (nSPS) is 25.0. The fourth-order valence-electron chi connectivity index (χ4n) is 1.22.